The molecule has 0 aromatic rings. The van der Waals surface area contributed by atoms with Crippen LogP contribution in [0.1, 0.15) is 53.4 Å². The standard InChI is InChI=1S/C12H24O2/c1-5-7-11(14-12(2,3)4)10-8-6-9-13-10/h10-11H,5-9H2,1-4H3. The minimum Gasteiger partial charge on any atom is -0.376 e. The molecular weight excluding hydrogens is 176 g/mol. The van der Waals surface area contributed by atoms with Crippen molar-refractivity contribution in [1.82, 2.24) is 0 Å². The monoisotopic (exact) mass is 200 g/mol. The fourth-order valence-corrected chi connectivity index (χ4v) is 1.96. The highest BCUT2D eigenvalue weighted by molar-refractivity contribution is 4.77. The summed E-state index contributed by atoms with van der Waals surface area (Å²) in [5.74, 6) is 0. The normalized spacial score (nSPS) is 25.3. The van der Waals surface area contributed by atoms with Gasteiger partial charge in [-0.3, -0.25) is 0 Å². The summed E-state index contributed by atoms with van der Waals surface area (Å²) in [4.78, 5) is 0. The maximum Gasteiger partial charge on any atom is 0.0843 e. The van der Waals surface area contributed by atoms with Gasteiger partial charge in [-0.05, 0) is 40.0 Å². The highest BCUT2D eigenvalue weighted by Gasteiger charge is 2.29. The van der Waals surface area contributed by atoms with E-state index in [4.69, 9.17) is 9.47 Å². The van der Waals surface area contributed by atoms with Crippen LogP contribution in [0.25, 0.3) is 0 Å². The molecule has 2 nitrogen and oxygen atoms in total. The Hall–Kier alpha value is -0.0800. The van der Waals surface area contributed by atoms with Gasteiger partial charge in [0.2, 0.25) is 0 Å². The Balaban J connectivity index is 2.45. The van der Waals surface area contributed by atoms with E-state index in [1.54, 1.807) is 0 Å². The van der Waals surface area contributed by atoms with E-state index in [0.29, 0.717) is 12.2 Å². The molecule has 1 aliphatic heterocycles. The van der Waals surface area contributed by atoms with Gasteiger partial charge in [-0.2, -0.15) is 0 Å². The fraction of sp³-hybridized carbons (Fsp3) is 1.00. The largest absolute Gasteiger partial charge is 0.376 e. The molecule has 0 aliphatic carbocycles. The Bertz CT molecular complexity index is 154. The van der Waals surface area contributed by atoms with E-state index in [1.807, 2.05) is 0 Å². The maximum absolute atomic E-state index is 6.04. The van der Waals surface area contributed by atoms with Gasteiger partial charge in [-0.25, -0.2) is 0 Å². The van der Waals surface area contributed by atoms with E-state index in [9.17, 15) is 0 Å². The Morgan fingerprint density at radius 2 is 2.14 bits per heavy atom. The molecule has 1 fully saturated rings. The van der Waals surface area contributed by atoms with Crippen molar-refractivity contribution < 1.29 is 9.47 Å². The number of hydrogen-bond acceptors (Lipinski definition) is 2. The predicted octanol–water partition coefficient (Wildman–Crippen LogP) is 3.15. The summed E-state index contributed by atoms with van der Waals surface area (Å²) in [5.41, 5.74) is -0.0498. The molecule has 1 rings (SSSR count). The molecule has 0 radical (unpaired) electrons. The Kier molecular flexibility index (Phi) is 4.39. The van der Waals surface area contributed by atoms with Gasteiger partial charge in [0.25, 0.3) is 0 Å². The second-order valence-corrected chi connectivity index (χ2v) is 5.11. The number of hydrogen-bond donors (Lipinski definition) is 0. The van der Waals surface area contributed by atoms with Crippen LogP contribution >= 0.6 is 0 Å². The van der Waals surface area contributed by atoms with Gasteiger partial charge < -0.3 is 9.47 Å². The Labute approximate surface area is 88.0 Å². The van der Waals surface area contributed by atoms with E-state index in [2.05, 4.69) is 27.7 Å². The lowest BCUT2D eigenvalue weighted by atomic mass is 10.0. The fourth-order valence-electron chi connectivity index (χ4n) is 1.96. The first-order valence-electron chi connectivity index (χ1n) is 5.82. The average Bonchev–Trinajstić information content (AvgIpc) is 2.52. The topological polar surface area (TPSA) is 18.5 Å². The molecule has 2 heteroatoms. The first-order valence-corrected chi connectivity index (χ1v) is 5.82. The zero-order valence-electron chi connectivity index (χ0n) is 10.0. The second kappa shape index (κ2) is 5.13. The van der Waals surface area contributed by atoms with Gasteiger partial charge in [0.1, 0.15) is 0 Å². The molecule has 0 N–H and O–H groups in total. The third-order valence-corrected chi connectivity index (χ3v) is 2.46. The van der Waals surface area contributed by atoms with Crippen LogP contribution in [-0.2, 0) is 9.47 Å². The summed E-state index contributed by atoms with van der Waals surface area (Å²) in [5, 5.41) is 0. The van der Waals surface area contributed by atoms with Gasteiger partial charge in [0, 0.05) is 6.61 Å². The molecule has 0 aromatic heterocycles. The third kappa shape index (κ3) is 3.97. The average molecular weight is 200 g/mol. The van der Waals surface area contributed by atoms with Crippen molar-refractivity contribution >= 4 is 0 Å². The van der Waals surface area contributed by atoms with Gasteiger partial charge >= 0.3 is 0 Å². The lowest BCUT2D eigenvalue weighted by Gasteiger charge is -2.30. The SMILES string of the molecule is CCCC(OC(C)(C)C)C1CCCO1. The van der Waals surface area contributed by atoms with Crippen LogP contribution in [0.3, 0.4) is 0 Å². The lowest BCUT2D eigenvalue weighted by Crippen LogP contribution is -2.35. The lowest BCUT2D eigenvalue weighted by molar-refractivity contribution is -0.118. The highest BCUT2D eigenvalue weighted by Crippen LogP contribution is 2.24. The summed E-state index contributed by atoms with van der Waals surface area (Å²) in [6.45, 7) is 9.46. The van der Waals surface area contributed by atoms with Crippen LogP contribution in [-0.4, -0.2) is 24.4 Å². The van der Waals surface area contributed by atoms with Crippen LogP contribution in [0.4, 0.5) is 0 Å². The van der Waals surface area contributed by atoms with Crippen molar-refractivity contribution in [2.45, 2.75) is 71.2 Å². The second-order valence-electron chi connectivity index (χ2n) is 5.11. The van der Waals surface area contributed by atoms with Gasteiger partial charge in [-0.15, -0.1) is 0 Å². The van der Waals surface area contributed by atoms with Crippen LogP contribution in [0.15, 0.2) is 0 Å². The zero-order chi connectivity index (χ0) is 10.6. The van der Waals surface area contributed by atoms with Crippen LogP contribution in [0.5, 0.6) is 0 Å². The molecule has 0 saturated carbocycles. The molecule has 2 unspecified atom stereocenters. The molecule has 0 spiro atoms. The quantitative estimate of drug-likeness (QED) is 0.694. The number of ether oxygens (including phenoxy) is 2. The van der Waals surface area contributed by atoms with E-state index in [1.165, 1.54) is 19.3 Å². The molecule has 0 aromatic carbocycles. The van der Waals surface area contributed by atoms with Gasteiger partial charge in [0.15, 0.2) is 0 Å². The molecular formula is C12H24O2. The molecule has 14 heavy (non-hydrogen) atoms. The van der Waals surface area contributed by atoms with Crippen molar-refractivity contribution in [3.63, 3.8) is 0 Å². The minimum absolute atomic E-state index is 0.0498. The molecule has 1 heterocycles. The molecule has 0 bridgehead atoms. The molecule has 1 aliphatic rings. The Morgan fingerprint density at radius 1 is 1.43 bits per heavy atom. The first-order chi connectivity index (χ1) is 6.53. The minimum atomic E-state index is -0.0498. The molecule has 2 atom stereocenters. The van der Waals surface area contributed by atoms with Crippen molar-refractivity contribution in [3.8, 4) is 0 Å². The molecule has 1 saturated heterocycles. The summed E-state index contributed by atoms with van der Waals surface area (Å²) < 4.78 is 11.7. The molecule has 0 amide bonds. The van der Waals surface area contributed by atoms with Crippen molar-refractivity contribution in [2.75, 3.05) is 6.61 Å². The van der Waals surface area contributed by atoms with Crippen LogP contribution < -0.4 is 0 Å². The summed E-state index contributed by atoms with van der Waals surface area (Å²) in [7, 11) is 0. The van der Waals surface area contributed by atoms with Crippen LogP contribution in [0.2, 0.25) is 0 Å². The van der Waals surface area contributed by atoms with Gasteiger partial charge in [-0.1, -0.05) is 13.3 Å². The predicted molar refractivity (Wildman–Crippen MR) is 58.5 cm³/mol. The Morgan fingerprint density at radius 3 is 2.57 bits per heavy atom. The van der Waals surface area contributed by atoms with E-state index < -0.39 is 0 Å². The van der Waals surface area contributed by atoms with Crippen molar-refractivity contribution in [2.24, 2.45) is 0 Å². The van der Waals surface area contributed by atoms with E-state index >= 15 is 0 Å². The summed E-state index contributed by atoms with van der Waals surface area (Å²) >= 11 is 0. The maximum atomic E-state index is 6.04. The summed E-state index contributed by atoms with van der Waals surface area (Å²) in [6, 6.07) is 0. The number of rotatable bonds is 4. The van der Waals surface area contributed by atoms with Crippen LogP contribution in [0, 0.1) is 0 Å². The zero-order valence-corrected chi connectivity index (χ0v) is 10.0. The molecule has 84 valence electrons. The first kappa shape index (κ1) is 12.0. The third-order valence-electron chi connectivity index (χ3n) is 2.46. The smallest absolute Gasteiger partial charge is 0.0843 e. The summed E-state index contributed by atoms with van der Waals surface area (Å²) in [6.07, 6.45) is 5.28. The van der Waals surface area contributed by atoms with Crippen molar-refractivity contribution in [1.29, 1.82) is 0 Å². The van der Waals surface area contributed by atoms with E-state index in [-0.39, 0.29) is 5.60 Å². The highest BCUT2D eigenvalue weighted by atomic mass is 16.6. The van der Waals surface area contributed by atoms with E-state index in [0.717, 1.165) is 13.0 Å². The van der Waals surface area contributed by atoms with Crippen molar-refractivity contribution in [3.05, 3.63) is 0 Å². The van der Waals surface area contributed by atoms with Gasteiger partial charge in [0.05, 0.1) is 17.8 Å².